The van der Waals surface area contributed by atoms with Crippen LogP contribution in [0.2, 0.25) is 0 Å². The van der Waals surface area contributed by atoms with Crippen molar-refractivity contribution in [2.75, 3.05) is 7.05 Å². The first-order chi connectivity index (χ1) is 10.5. The average molecular weight is 330 g/mol. The second-order valence-electron chi connectivity index (χ2n) is 5.75. The molecule has 0 aromatic heterocycles. The van der Waals surface area contributed by atoms with Crippen LogP contribution in [0.5, 0.6) is 0 Å². The van der Waals surface area contributed by atoms with Gasteiger partial charge in [-0.2, -0.15) is 0 Å². The molecule has 1 amide bonds. The summed E-state index contributed by atoms with van der Waals surface area (Å²) < 4.78 is 31.7. The van der Waals surface area contributed by atoms with Crippen molar-refractivity contribution in [1.29, 1.82) is 0 Å². The van der Waals surface area contributed by atoms with Crippen LogP contribution in [0.25, 0.3) is 0 Å². The number of likely N-dealkylation sites (N-methyl/N-ethyl adjacent to an activating group) is 1. The molecule has 9 heteroatoms. The fraction of sp³-hybridized carbons (Fsp3) is 0.429. The Morgan fingerprint density at radius 1 is 1.35 bits per heavy atom. The van der Waals surface area contributed by atoms with E-state index in [2.05, 4.69) is 0 Å². The van der Waals surface area contributed by atoms with Crippen LogP contribution in [0, 0.1) is 21.7 Å². The lowest BCUT2D eigenvalue weighted by Gasteiger charge is -2.28. The van der Waals surface area contributed by atoms with Crippen LogP contribution >= 0.6 is 0 Å². The number of ether oxygens (including phenoxy) is 1. The highest BCUT2D eigenvalue weighted by atomic mass is 19.2. The number of nitrogens with zero attached hydrogens (tertiary/aromatic N) is 2. The summed E-state index contributed by atoms with van der Waals surface area (Å²) in [5.41, 5.74) is -2.12. The van der Waals surface area contributed by atoms with E-state index < -0.39 is 45.5 Å². The Morgan fingerprint density at radius 2 is 1.87 bits per heavy atom. The van der Waals surface area contributed by atoms with Gasteiger partial charge in [-0.25, -0.2) is 13.6 Å². The summed E-state index contributed by atoms with van der Waals surface area (Å²) in [6.07, 6.45) is -0.725. The van der Waals surface area contributed by atoms with Crippen LogP contribution in [0.15, 0.2) is 12.1 Å². The van der Waals surface area contributed by atoms with Gasteiger partial charge in [0.25, 0.3) is 5.69 Å². The topological polar surface area (TPSA) is 89.8 Å². The maximum atomic E-state index is 13.4. The van der Waals surface area contributed by atoms with Gasteiger partial charge in [0.2, 0.25) is 0 Å². The first-order valence-electron chi connectivity index (χ1n) is 6.52. The number of hydrogen-bond donors (Lipinski definition) is 0. The molecule has 0 aliphatic rings. The minimum atomic E-state index is -1.50. The van der Waals surface area contributed by atoms with E-state index in [1.165, 1.54) is 0 Å². The Morgan fingerprint density at radius 3 is 2.30 bits per heavy atom. The molecule has 0 radical (unpaired) electrons. The van der Waals surface area contributed by atoms with Crippen LogP contribution in [0.3, 0.4) is 0 Å². The number of nitro groups is 1. The van der Waals surface area contributed by atoms with Gasteiger partial charge in [0.15, 0.2) is 11.6 Å². The molecule has 0 bridgehead atoms. The summed E-state index contributed by atoms with van der Waals surface area (Å²) in [5, 5.41) is 11.0. The van der Waals surface area contributed by atoms with Gasteiger partial charge < -0.3 is 9.53 Å². The second kappa shape index (κ2) is 6.67. The summed E-state index contributed by atoms with van der Waals surface area (Å²) in [6.45, 7) is 4.78. The molecule has 1 aromatic rings. The van der Waals surface area contributed by atoms with E-state index in [1.54, 1.807) is 20.8 Å². The van der Waals surface area contributed by atoms with Crippen molar-refractivity contribution in [3.8, 4) is 0 Å². The lowest BCUT2D eigenvalue weighted by Crippen LogP contribution is -2.37. The molecule has 0 aliphatic carbocycles. The van der Waals surface area contributed by atoms with Gasteiger partial charge in [-0.1, -0.05) is 0 Å². The molecule has 0 aliphatic heterocycles. The van der Waals surface area contributed by atoms with Gasteiger partial charge >= 0.3 is 6.09 Å². The van der Waals surface area contributed by atoms with Gasteiger partial charge in [-0.05, 0) is 26.8 Å². The van der Waals surface area contributed by atoms with Crippen LogP contribution < -0.4 is 0 Å². The summed E-state index contributed by atoms with van der Waals surface area (Å²) in [5.74, 6) is -2.79. The van der Waals surface area contributed by atoms with Crippen LogP contribution in [0.1, 0.15) is 32.4 Å². The SMILES string of the molecule is CN(C(=O)OC(C)(C)C)C(C=O)c1cc(F)c(F)cc1[N+](=O)[O-]. The number of rotatable bonds is 4. The fourth-order valence-corrected chi connectivity index (χ4v) is 1.77. The Hall–Kier alpha value is -2.58. The third-order valence-corrected chi connectivity index (χ3v) is 2.81. The lowest BCUT2D eigenvalue weighted by atomic mass is 10.0. The zero-order valence-electron chi connectivity index (χ0n) is 13.0. The zero-order valence-corrected chi connectivity index (χ0v) is 13.0. The van der Waals surface area contributed by atoms with Gasteiger partial charge in [-0.15, -0.1) is 0 Å². The molecule has 1 aromatic carbocycles. The van der Waals surface area contributed by atoms with Crippen molar-refractivity contribution in [3.63, 3.8) is 0 Å². The molecule has 0 saturated carbocycles. The zero-order chi connectivity index (χ0) is 17.9. The minimum Gasteiger partial charge on any atom is -0.444 e. The Bertz CT molecular complexity index is 643. The Labute approximate surface area is 131 Å². The Balaban J connectivity index is 3.30. The number of halogens is 2. The predicted molar refractivity (Wildman–Crippen MR) is 75.8 cm³/mol. The lowest BCUT2D eigenvalue weighted by molar-refractivity contribution is -0.386. The molecule has 0 spiro atoms. The summed E-state index contributed by atoms with van der Waals surface area (Å²) in [6, 6.07) is -0.613. The highest BCUT2D eigenvalue weighted by Gasteiger charge is 2.32. The first-order valence-corrected chi connectivity index (χ1v) is 6.52. The van der Waals surface area contributed by atoms with E-state index in [9.17, 15) is 28.5 Å². The highest BCUT2D eigenvalue weighted by molar-refractivity contribution is 5.76. The maximum absolute atomic E-state index is 13.4. The third kappa shape index (κ3) is 4.44. The van der Waals surface area contributed by atoms with Crippen LogP contribution in [-0.4, -0.2) is 34.9 Å². The van der Waals surface area contributed by atoms with Crippen molar-refractivity contribution < 1.29 is 28.0 Å². The first kappa shape index (κ1) is 18.5. The van der Waals surface area contributed by atoms with Crippen molar-refractivity contribution in [2.45, 2.75) is 32.4 Å². The number of carbonyl (C=O) groups is 2. The smallest absolute Gasteiger partial charge is 0.410 e. The monoisotopic (exact) mass is 330 g/mol. The van der Waals surface area contributed by atoms with Crippen molar-refractivity contribution in [1.82, 2.24) is 4.90 Å². The van der Waals surface area contributed by atoms with Crippen LogP contribution in [-0.2, 0) is 9.53 Å². The molecule has 0 N–H and O–H groups in total. The predicted octanol–water partition coefficient (Wildman–Crippen LogP) is 2.98. The van der Waals surface area contributed by atoms with E-state index in [1.807, 2.05) is 0 Å². The van der Waals surface area contributed by atoms with Gasteiger partial charge in [-0.3, -0.25) is 15.0 Å². The molecule has 1 atom stereocenters. The molecule has 1 rings (SSSR count). The Kier molecular flexibility index (Phi) is 5.36. The van der Waals surface area contributed by atoms with Crippen LogP contribution in [0.4, 0.5) is 19.3 Å². The standard InChI is InChI=1S/C14H16F2N2O5/c1-14(2,3)23-13(20)17(4)12(7-19)8-5-9(15)10(16)6-11(8)18(21)22/h5-7,12H,1-4H3. The van der Waals surface area contributed by atoms with Gasteiger partial charge in [0, 0.05) is 7.05 Å². The number of carbonyl (C=O) groups excluding carboxylic acids is 2. The van der Waals surface area contributed by atoms with E-state index in [-0.39, 0.29) is 6.29 Å². The highest BCUT2D eigenvalue weighted by Crippen LogP contribution is 2.30. The molecule has 0 heterocycles. The maximum Gasteiger partial charge on any atom is 0.410 e. The van der Waals surface area contributed by atoms with Crippen molar-refractivity contribution >= 4 is 18.1 Å². The second-order valence-corrected chi connectivity index (χ2v) is 5.75. The molecule has 7 nitrogen and oxygen atoms in total. The molecule has 1 unspecified atom stereocenters. The minimum absolute atomic E-state index is 0.212. The summed E-state index contributed by atoms with van der Waals surface area (Å²) in [4.78, 5) is 34.1. The van der Waals surface area contributed by atoms with E-state index >= 15 is 0 Å². The molecule has 23 heavy (non-hydrogen) atoms. The fourth-order valence-electron chi connectivity index (χ4n) is 1.77. The molecule has 126 valence electrons. The molecule has 0 saturated heterocycles. The van der Waals surface area contributed by atoms with E-state index in [0.717, 1.165) is 11.9 Å². The molecular weight excluding hydrogens is 314 g/mol. The van der Waals surface area contributed by atoms with Crippen molar-refractivity contribution in [3.05, 3.63) is 39.4 Å². The molecular formula is C14H16F2N2O5. The number of amides is 1. The molecule has 0 fully saturated rings. The number of benzene rings is 1. The van der Waals surface area contributed by atoms with Crippen molar-refractivity contribution in [2.24, 2.45) is 0 Å². The van der Waals surface area contributed by atoms with E-state index in [4.69, 9.17) is 4.74 Å². The summed E-state index contributed by atoms with van der Waals surface area (Å²) in [7, 11) is 1.16. The van der Waals surface area contributed by atoms with E-state index in [0.29, 0.717) is 12.1 Å². The number of hydrogen-bond acceptors (Lipinski definition) is 5. The number of nitro benzene ring substituents is 1. The largest absolute Gasteiger partial charge is 0.444 e. The third-order valence-electron chi connectivity index (χ3n) is 2.81. The summed E-state index contributed by atoms with van der Waals surface area (Å²) >= 11 is 0. The van der Waals surface area contributed by atoms with Gasteiger partial charge in [0.1, 0.15) is 17.9 Å². The normalized spacial score (nSPS) is 12.4. The number of aldehydes is 1. The quantitative estimate of drug-likeness (QED) is 0.481. The average Bonchev–Trinajstić information content (AvgIpc) is 2.40. The van der Waals surface area contributed by atoms with Gasteiger partial charge in [0.05, 0.1) is 16.6 Å².